The van der Waals surface area contributed by atoms with Gasteiger partial charge in [-0.2, -0.15) is 0 Å². The quantitative estimate of drug-likeness (QED) is 0.746. The van der Waals surface area contributed by atoms with Gasteiger partial charge in [0.05, 0.1) is 25.3 Å². The van der Waals surface area contributed by atoms with Gasteiger partial charge in [-0.05, 0) is 36.5 Å². The molecule has 2 atom stereocenters. The average molecular weight is 363 g/mol. The molecule has 2 rings (SSSR count). The Morgan fingerprint density at radius 2 is 1.46 bits per heavy atom. The van der Waals surface area contributed by atoms with E-state index >= 15 is 0 Å². The van der Waals surface area contributed by atoms with Gasteiger partial charge < -0.3 is 19.1 Å². The first-order chi connectivity index (χ1) is 12.3. The molecule has 0 radical (unpaired) electrons. The van der Waals surface area contributed by atoms with Crippen LogP contribution >= 0.6 is 0 Å². The van der Waals surface area contributed by atoms with Gasteiger partial charge in [0, 0.05) is 13.1 Å². The second-order valence-corrected chi connectivity index (χ2v) is 6.76. The summed E-state index contributed by atoms with van der Waals surface area (Å²) in [6.07, 6.45) is 1.11. The minimum absolute atomic E-state index is 0.119. The predicted molar refractivity (Wildman–Crippen MR) is 94.1 cm³/mol. The van der Waals surface area contributed by atoms with Gasteiger partial charge in [-0.1, -0.05) is 13.8 Å². The molecule has 0 N–H and O–H groups in total. The highest BCUT2D eigenvalue weighted by Crippen LogP contribution is 2.22. The number of piperidine rings is 1. The van der Waals surface area contributed by atoms with E-state index in [0.29, 0.717) is 24.9 Å². The molecule has 142 valence electrons. The Morgan fingerprint density at radius 3 is 1.92 bits per heavy atom. The summed E-state index contributed by atoms with van der Waals surface area (Å²) in [7, 11) is 2.49. The van der Waals surface area contributed by atoms with Crippen LogP contribution in [-0.4, -0.2) is 56.7 Å². The fourth-order valence-corrected chi connectivity index (χ4v) is 3.26. The van der Waals surface area contributed by atoms with Crippen molar-refractivity contribution >= 4 is 17.8 Å². The Balaban J connectivity index is 2.11. The molecular weight excluding hydrogens is 338 g/mol. The summed E-state index contributed by atoms with van der Waals surface area (Å²) in [5, 5.41) is 0. The number of ether oxygens (including phenoxy) is 3. The van der Waals surface area contributed by atoms with E-state index in [1.165, 1.54) is 32.4 Å². The van der Waals surface area contributed by atoms with Crippen LogP contribution < -0.4 is 4.74 Å². The van der Waals surface area contributed by atoms with Crippen molar-refractivity contribution in [2.45, 2.75) is 20.3 Å². The summed E-state index contributed by atoms with van der Waals surface area (Å²) in [6, 6.07) is 4.24. The third kappa shape index (κ3) is 4.97. The summed E-state index contributed by atoms with van der Waals surface area (Å²) in [4.78, 5) is 37.8. The fraction of sp³-hybridized carbons (Fsp3) is 0.526. The molecule has 0 unspecified atom stereocenters. The molecule has 26 heavy (non-hydrogen) atoms. The maximum atomic E-state index is 12.4. The molecule has 1 heterocycles. The Labute approximate surface area is 153 Å². The molecule has 1 aliphatic rings. The van der Waals surface area contributed by atoms with E-state index in [1.807, 2.05) is 0 Å². The molecule has 1 aromatic rings. The molecule has 1 amide bonds. The number of likely N-dealkylation sites (tertiary alicyclic amines) is 1. The minimum Gasteiger partial charge on any atom is -0.484 e. The van der Waals surface area contributed by atoms with Crippen LogP contribution in [0.4, 0.5) is 0 Å². The van der Waals surface area contributed by atoms with Crippen LogP contribution in [0.2, 0.25) is 0 Å². The van der Waals surface area contributed by atoms with Crippen LogP contribution in [0.1, 0.15) is 41.0 Å². The van der Waals surface area contributed by atoms with Gasteiger partial charge in [-0.15, -0.1) is 0 Å². The van der Waals surface area contributed by atoms with Gasteiger partial charge in [0.25, 0.3) is 5.91 Å². The molecule has 0 saturated carbocycles. The van der Waals surface area contributed by atoms with Crippen LogP contribution in [0.3, 0.4) is 0 Å². The maximum absolute atomic E-state index is 12.4. The van der Waals surface area contributed by atoms with E-state index in [0.717, 1.165) is 6.42 Å². The highest BCUT2D eigenvalue weighted by molar-refractivity contribution is 5.96. The van der Waals surface area contributed by atoms with Crippen molar-refractivity contribution in [2.75, 3.05) is 33.9 Å². The van der Waals surface area contributed by atoms with Crippen molar-refractivity contribution in [3.05, 3.63) is 29.3 Å². The van der Waals surface area contributed by atoms with E-state index in [4.69, 9.17) is 4.74 Å². The van der Waals surface area contributed by atoms with E-state index in [9.17, 15) is 14.4 Å². The highest BCUT2D eigenvalue weighted by atomic mass is 16.5. The molecule has 0 bridgehead atoms. The van der Waals surface area contributed by atoms with Gasteiger partial charge in [0.1, 0.15) is 5.75 Å². The first-order valence-electron chi connectivity index (χ1n) is 8.56. The number of carbonyl (C=O) groups excluding carboxylic acids is 3. The second-order valence-electron chi connectivity index (χ2n) is 6.76. The standard InChI is InChI=1S/C19H25NO6/c1-12-5-13(2)10-20(9-12)17(21)11-26-16-7-14(18(22)24-3)6-15(8-16)19(23)25-4/h6-8,12-13H,5,9-11H2,1-4H3/t12-,13-/m1/s1. The fourth-order valence-electron chi connectivity index (χ4n) is 3.26. The molecule has 1 aromatic carbocycles. The first kappa shape index (κ1) is 19.8. The zero-order chi connectivity index (χ0) is 19.3. The highest BCUT2D eigenvalue weighted by Gasteiger charge is 2.25. The number of benzene rings is 1. The lowest BCUT2D eigenvalue weighted by Crippen LogP contribution is -2.44. The summed E-state index contributed by atoms with van der Waals surface area (Å²) < 4.78 is 14.9. The SMILES string of the molecule is COC(=O)c1cc(OCC(=O)N2C[C@H](C)C[C@@H](C)C2)cc(C(=O)OC)c1. The number of rotatable bonds is 5. The number of methoxy groups -OCH3 is 2. The van der Waals surface area contributed by atoms with Gasteiger partial charge in [0.15, 0.2) is 6.61 Å². The van der Waals surface area contributed by atoms with Crippen LogP contribution in [0.25, 0.3) is 0 Å². The van der Waals surface area contributed by atoms with Crippen molar-refractivity contribution < 1.29 is 28.6 Å². The zero-order valence-electron chi connectivity index (χ0n) is 15.6. The third-order valence-electron chi connectivity index (χ3n) is 4.33. The van der Waals surface area contributed by atoms with Crippen molar-refractivity contribution in [1.82, 2.24) is 4.90 Å². The lowest BCUT2D eigenvalue weighted by atomic mass is 9.92. The molecule has 0 spiro atoms. The number of hydrogen-bond donors (Lipinski definition) is 0. The van der Waals surface area contributed by atoms with Crippen LogP contribution in [0.15, 0.2) is 18.2 Å². The maximum Gasteiger partial charge on any atom is 0.338 e. The van der Waals surface area contributed by atoms with Crippen molar-refractivity contribution in [2.24, 2.45) is 11.8 Å². The average Bonchev–Trinajstić information content (AvgIpc) is 2.63. The van der Waals surface area contributed by atoms with E-state index in [2.05, 4.69) is 23.3 Å². The summed E-state index contributed by atoms with van der Waals surface area (Å²) >= 11 is 0. The smallest absolute Gasteiger partial charge is 0.338 e. The topological polar surface area (TPSA) is 82.1 Å². The summed E-state index contributed by atoms with van der Waals surface area (Å²) in [6.45, 7) is 5.51. The lowest BCUT2D eigenvalue weighted by molar-refractivity contribution is -0.136. The molecule has 0 aliphatic carbocycles. The van der Waals surface area contributed by atoms with Gasteiger partial charge >= 0.3 is 11.9 Å². The van der Waals surface area contributed by atoms with E-state index in [1.54, 1.807) is 4.90 Å². The monoisotopic (exact) mass is 363 g/mol. The van der Waals surface area contributed by atoms with Gasteiger partial charge in [-0.3, -0.25) is 4.79 Å². The molecular formula is C19H25NO6. The Morgan fingerprint density at radius 1 is 0.962 bits per heavy atom. The zero-order valence-corrected chi connectivity index (χ0v) is 15.6. The number of nitrogens with zero attached hydrogens (tertiary/aromatic N) is 1. The molecule has 0 aromatic heterocycles. The number of carbonyl (C=O) groups is 3. The largest absolute Gasteiger partial charge is 0.484 e. The molecule has 1 aliphatic heterocycles. The minimum atomic E-state index is -0.606. The van der Waals surface area contributed by atoms with E-state index < -0.39 is 11.9 Å². The van der Waals surface area contributed by atoms with Crippen LogP contribution in [-0.2, 0) is 14.3 Å². The van der Waals surface area contributed by atoms with Gasteiger partial charge in [0.2, 0.25) is 0 Å². The third-order valence-corrected chi connectivity index (χ3v) is 4.33. The molecule has 7 nitrogen and oxygen atoms in total. The number of hydrogen-bond acceptors (Lipinski definition) is 6. The number of amides is 1. The summed E-state index contributed by atoms with van der Waals surface area (Å²) in [5.41, 5.74) is 0.302. The van der Waals surface area contributed by atoms with Crippen LogP contribution in [0.5, 0.6) is 5.75 Å². The van der Waals surface area contributed by atoms with Crippen LogP contribution in [0, 0.1) is 11.8 Å². The normalized spacial score (nSPS) is 19.6. The first-order valence-corrected chi connectivity index (χ1v) is 8.56. The van der Waals surface area contributed by atoms with Gasteiger partial charge in [-0.25, -0.2) is 9.59 Å². The molecule has 1 fully saturated rings. The summed E-state index contributed by atoms with van der Waals surface area (Å²) in [5.74, 6) is -0.185. The van der Waals surface area contributed by atoms with Crippen molar-refractivity contribution in [3.63, 3.8) is 0 Å². The van der Waals surface area contributed by atoms with E-state index in [-0.39, 0.29) is 29.4 Å². The second kappa shape index (κ2) is 8.69. The van der Waals surface area contributed by atoms with Crippen molar-refractivity contribution in [3.8, 4) is 5.75 Å². The predicted octanol–water partition coefficient (Wildman–Crippen LogP) is 2.14. The number of esters is 2. The molecule has 7 heteroatoms. The Hall–Kier alpha value is -2.57. The Kier molecular flexibility index (Phi) is 6.60. The Bertz CT molecular complexity index is 642. The lowest BCUT2D eigenvalue weighted by Gasteiger charge is -2.34. The van der Waals surface area contributed by atoms with Crippen molar-refractivity contribution in [1.29, 1.82) is 0 Å². The molecule has 1 saturated heterocycles.